The molecule has 1 heterocycles. The Morgan fingerprint density at radius 1 is 1.40 bits per heavy atom. The van der Waals surface area contributed by atoms with Crippen LogP contribution in [0.5, 0.6) is 0 Å². The summed E-state index contributed by atoms with van der Waals surface area (Å²) in [5, 5.41) is -1.28. The Hall–Kier alpha value is -1.30. The van der Waals surface area contributed by atoms with Crippen LogP contribution >= 0.6 is 11.6 Å². The summed E-state index contributed by atoms with van der Waals surface area (Å²) in [5.74, 6) is -4.05. The van der Waals surface area contributed by atoms with Crippen LogP contribution in [0.3, 0.4) is 0 Å². The highest BCUT2D eigenvalue weighted by molar-refractivity contribution is 6.67. The molecule has 0 saturated carbocycles. The maximum Gasteiger partial charge on any atom is 0.255 e. The molecular weight excluding hydrogens is 298 g/mol. The molecule has 1 saturated heterocycles. The molecule has 0 amide bonds. The van der Waals surface area contributed by atoms with Crippen LogP contribution in [0, 0.1) is 22.9 Å². The quantitative estimate of drug-likeness (QED) is 0.482. The molecule has 7 heteroatoms. The number of carbonyl (C=O) groups is 1. The van der Waals surface area contributed by atoms with Crippen molar-refractivity contribution in [2.75, 3.05) is 24.7 Å². The third-order valence-electron chi connectivity index (χ3n) is 3.54. The highest BCUT2D eigenvalue weighted by Gasteiger charge is 2.37. The average Bonchev–Trinajstić information content (AvgIpc) is 2.77. The maximum absolute atomic E-state index is 13.9. The molecule has 1 aromatic rings. The molecule has 2 rings (SSSR count). The van der Waals surface area contributed by atoms with E-state index in [2.05, 4.69) is 0 Å². The molecule has 1 aromatic carbocycles. The van der Waals surface area contributed by atoms with Gasteiger partial charge in [-0.2, -0.15) is 0 Å². The second kappa shape index (κ2) is 5.24. The molecule has 0 N–H and O–H groups in total. The lowest BCUT2D eigenvalue weighted by atomic mass is 9.92. The first-order valence-electron chi connectivity index (χ1n) is 5.97. The normalized spacial score (nSPS) is 22.4. The van der Waals surface area contributed by atoms with E-state index in [4.69, 9.17) is 11.6 Å². The molecular formula is C13H12ClF4NO. The summed E-state index contributed by atoms with van der Waals surface area (Å²) < 4.78 is 54.4. The zero-order valence-corrected chi connectivity index (χ0v) is 11.4. The number of carbonyl (C=O) groups excluding carboxylic acids is 1. The fourth-order valence-corrected chi connectivity index (χ4v) is 2.48. The number of benzene rings is 1. The van der Waals surface area contributed by atoms with Crippen LogP contribution < -0.4 is 4.90 Å². The van der Waals surface area contributed by atoms with Crippen molar-refractivity contribution in [3.05, 3.63) is 29.1 Å². The minimum atomic E-state index is -1.49. The summed E-state index contributed by atoms with van der Waals surface area (Å²) in [6.07, 6.45) is 0.403. The van der Waals surface area contributed by atoms with Crippen LogP contribution in [0.25, 0.3) is 0 Å². The van der Waals surface area contributed by atoms with Crippen molar-refractivity contribution in [3.63, 3.8) is 0 Å². The van der Waals surface area contributed by atoms with E-state index < -0.39 is 46.0 Å². The summed E-state index contributed by atoms with van der Waals surface area (Å²) >= 11 is 5.06. The first kappa shape index (κ1) is 15.1. The Balaban J connectivity index is 2.44. The number of halogens is 5. The van der Waals surface area contributed by atoms with Gasteiger partial charge in [0.05, 0.1) is 12.2 Å². The van der Waals surface area contributed by atoms with E-state index in [0.29, 0.717) is 12.5 Å². The number of rotatable bonds is 3. The minimum Gasteiger partial charge on any atom is -0.366 e. The van der Waals surface area contributed by atoms with E-state index in [1.54, 1.807) is 6.92 Å². The monoisotopic (exact) mass is 309 g/mol. The molecule has 20 heavy (non-hydrogen) atoms. The zero-order valence-electron chi connectivity index (χ0n) is 10.7. The molecule has 0 bridgehead atoms. The van der Waals surface area contributed by atoms with Gasteiger partial charge in [0.15, 0.2) is 17.5 Å². The van der Waals surface area contributed by atoms with Gasteiger partial charge in [-0.25, -0.2) is 13.2 Å². The smallest absolute Gasteiger partial charge is 0.255 e. The van der Waals surface area contributed by atoms with Crippen LogP contribution in [-0.4, -0.2) is 25.0 Å². The average molecular weight is 310 g/mol. The molecule has 1 aliphatic heterocycles. The summed E-state index contributed by atoms with van der Waals surface area (Å²) in [4.78, 5) is 12.1. The predicted molar refractivity (Wildman–Crippen MR) is 67.4 cm³/mol. The lowest BCUT2D eigenvalue weighted by molar-refractivity contribution is 0.107. The van der Waals surface area contributed by atoms with E-state index in [1.807, 2.05) is 0 Å². The number of anilines is 1. The van der Waals surface area contributed by atoms with E-state index in [-0.39, 0.29) is 13.1 Å². The fourth-order valence-electron chi connectivity index (χ4n) is 2.34. The molecule has 0 radical (unpaired) electrons. The van der Waals surface area contributed by atoms with Gasteiger partial charge in [-0.1, -0.05) is 6.92 Å². The third kappa shape index (κ3) is 2.49. The summed E-state index contributed by atoms with van der Waals surface area (Å²) in [6, 6.07) is 0.564. The van der Waals surface area contributed by atoms with Crippen LogP contribution in [0.2, 0.25) is 0 Å². The van der Waals surface area contributed by atoms with E-state index >= 15 is 0 Å². The van der Waals surface area contributed by atoms with Gasteiger partial charge < -0.3 is 4.90 Å². The fraction of sp³-hybridized carbons (Fsp3) is 0.462. The molecule has 0 spiro atoms. The van der Waals surface area contributed by atoms with Crippen molar-refractivity contribution in [2.24, 2.45) is 5.41 Å². The Morgan fingerprint density at radius 3 is 2.55 bits per heavy atom. The summed E-state index contributed by atoms with van der Waals surface area (Å²) in [7, 11) is 0. The molecule has 0 aliphatic carbocycles. The van der Waals surface area contributed by atoms with Crippen molar-refractivity contribution >= 4 is 22.5 Å². The van der Waals surface area contributed by atoms with Crippen LogP contribution in [0.1, 0.15) is 23.7 Å². The highest BCUT2D eigenvalue weighted by Crippen LogP contribution is 2.37. The van der Waals surface area contributed by atoms with E-state index in [0.717, 1.165) is 0 Å². The molecule has 2 nitrogen and oxygen atoms in total. The number of hydrogen-bond acceptors (Lipinski definition) is 2. The first-order valence-corrected chi connectivity index (χ1v) is 6.35. The van der Waals surface area contributed by atoms with Gasteiger partial charge >= 0.3 is 0 Å². The van der Waals surface area contributed by atoms with Crippen molar-refractivity contribution in [1.82, 2.24) is 0 Å². The zero-order chi connectivity index (χ0) is 15.1. The van der Waals surface area contributed by atoms with E-state index in [1.165, 1.54) is 4.90 Å². The van der Waals surface area contributed by atoms with Gasteiger partial charge in [0.2, 0.25) is 0 Å². The molecule has 1 atom stereocenters. The van der Waals surface area contributed by atoms with Crippen molar-refractivity contribution in [1.29, 1.82) is 0 Å². The lowest BCUT2D eigenvalue weighted by Gasteiger charge is -2.23. The van der Waals surface area contributed by atoms with Crippen LogP contribution in [-0.2, 0) is 0 Å². The Kier molecular flexibility index (Phi) is 3.95. The first-order chi connectivity index (χ1) is 9.29. The van der Waals surface area contributed by atoms with Gasteiger partial charge in [-0.05, 0) is 24.1 Å². The highest BCUT2D eigenvalue weighted by atomic mass is 35.5. The lowest BCUT2D eigenvalue weighted by Crippen LogP contribution is -2.28. The minimum absolute atomic E-state index is 0.0744. The number of nitrogens with zero attached hydrogens (tertiary/aromatic N) is 1. The summed E-state index contributed by atoms with van der Waals surface area (Å²) in [5.41, 5.74) is -2.14. The van der Waals surface area contributed by atoms with Gasteiger partial charge in [-0.15, -0.1) is 0 Å². The predicted octanol–water partition coefficient (Wildman–Crippen LogP) is 3.67. The number of alkyl halides is 1. The SMILES string of the molecule is CC1(CF)CCN(c2c(F)cc(C(=O)Cl)c(F)c2F)C1. The Labute approximate surface area is 118 Å². The maximum atomic E-state index is 13.9. The van der Waals surface area contributed by atoms with Crippen LogP contribution in [0.15, 0.2) is 6.07 Å². The van der Waals surface area contributed by atoms with Gasteiger partial charge in [0.25, 0.3) is 5.24 Å². The van der Waals surface area contributed by atoms with Gasteiger partial charge in [0.1, 0.15) is 5.69 Å². The van der Waals surface area contributed by atoms with E-state index in [9.17, 15) is 22.4 Å². The van der Waals surface area contributed by atoms with Crippen LogP contribution in [0.4, 0.5) is 23.2 Å². The topological polar surface area (TPSA) is 20.3 Å². The second-order valence-corrected chi connectivity index (χ2v) is 5.62. The molecule has 1 unspecified atom stereocenters. The largest absolute Gasteiger partial charge is 0.366 e. The number of hydrogen-bond donors (Lipinski definition) is 0. The van der Waals surface area contributed by atoms with Crippen molar-refractivity contribution < 1.29 is 22.4 Å². The summed E-state index contributed by atoms with van der Waals surface area (Å²) in [6.45, 7) is 1.30. The van der Waals surface area contributed by atoms with Gasteiger partial charge in [0, 0.05) is 18.5 Å². The van der Waals surface area contributed by atoms with Crippen molar-refractivity contribution in [2.45, 2.75) is 13.3 Å². The Morgan fingerprint density at radius 2 is 2.05 bits per heavy atom. The Bertz CT molecular complexity index is 566. The molecule has 0 aromatic heterocycles. The third-order valence-corrected chi connectivity index (χ3v) is 3.75. The molecule has 1 fully saturated rings. The molecule has 110 valence electrons. The second-order valence-electron chi connectivity index (χ2n) is 5.27. The molecule has 1 aliphatic rings. The van der Waals surface area contributed by atoms with Gasteiger partial charge in [-0.3, -0.25) is 9.18 Å². The standard InChI is InChI=1S/C13H12ClF4NO/c1-13(5-15)2-3-19(6-13)11-8(16)4-7(12(14)20)9(17)10(11)18/h4H,2-3,5-6H2,1H3. The van der Waals surface area contributed by atoms with Crippen molar-refractivity contribution in [3.8, 4) is 0 Å².